The van der Waals surface area contributed by atoms with Crippen molar-refractivity contribution >= 4 is 33.5 Å². The number of hydrogen-bond donors (Lipinski definition) is 0. The molecule has 30 heavy (non-hydrogen) atoms. The van der Waals surface area contributed by atoms with E-state index in [2.05, 4.69) is 11.6 Å². The molecule has 0 spiro atoms. The average Bonchev–Trinajstić information content (AvgIpc) is 3.37. The molecule has 0 saturated carbocycles. The minimum absolute atomic E-state index is 0.0512. The van der Waals surface area contributed by atoms with Crippen LogP contribution in [0.4, 0.5) is 5.13 Å². The normalized spacial score (nSPS) is 10.9. The molecule has 2 heterocycles. The van der Waals surface area contributed by atoms with Gasteiger partial charge in [-0.05, 0) is 18.6 Å². The standard InChI is InChI=1S/C23H21N3O3S/c1-2-14-26(22-24-18(16-30-22)17-9-4-3-5-10-17)21(27)13-8-15-25-19-11-6-7-12-20(19)29-23(25)28/h2-7,9-12,16H,1,8,13-15H2. The van der Waals surface area contributed by atoms with Gasteiger partial charge >= 0.3 is 5.76 Å². The number of carbonyl (C=O) groups excluding carboxylic acids is 1. The molecule has 2 aromatic carbocycles. The number of carbonyl (C=O) groups is 1. The van der Waals surface area contributed by atoms with Crippen molar-refractivity contribution in [2.45, 2.75) is 19.4 Å². The fourth-order valence-electron chi connectivity index (χ4n) is 3.29. The Morgan fingerprint density at radius 2 is 1.93 bits per heavy atom. The Kier molecular flexibility index (Phi) is 5.90. The number of oxazole rings is 1. The highest BCUT2D eigenvalue weighted by molar-refractivity contribution is 7.14. The lowest BCUT2D eigenvalue weighted by molar-refractivity contribution is -0.118. The zero-order valence-electron chi connectivity index (χ0n) is 16.4. The fourth-order valence-corrected chi connectivity index (χ4v) is 4.15. The second-order valence-electron chi connectivity index (χ2n) is 6.77. The highest BCUT2D eigenvalue weighted by atomic mass is 32.1. The van der Waals surface area contributed by atoms with Crippen molar-refractivity contribution in [3.63, 3.8) is 0 Å². The van der Waals surface area contributed by atoms with Crippen LogP contribution in [0.1, 0.15) is 12.8 Å². The lowest BCUT2D eigenvalue weighted by atomic mass is 10.2. The summed E-state index contributed by atoms with van der Waals surface area (Å²) in [7, 11) is 0. The third-order valence-electron chi connectivity index (χ3n) is 4.75. The number of amides is 1. The third kappa shape index (κ3) is 4.11. The number of fused-ring (bicyclic) bond motifs is 1. The van der Waals surface area contributed by atoms with Gasteiger partial charge in [0.1, 0.15) is 0 Å². The van der Waals surface area contributed by atoms with Gasteiger partial charge in [0.05, 0.1) is 11.2 Å². The average molecular weight is 420 g/mol. The van der Waals surface area contributed by atoms with E-state index in [4.69, 9.17) is 4.42 Å². The van der Waals surface area contributed by atoms with E-state index in [0.717, 1.165) is 16.8 Å². The van der Waals surface area contributed by atoms with Crippen molar-refractivity contribution in [1.82, 2.24) is 9.55 Å². The van der Waals surface area contributed by atoms with Gasteiger partial charge in [0, 0.05) is 30.5 Å². The highest BCUT2D eigenvalue weighted by Gasteiger charge is 2.18. The molecule has 2 aromatic heterocycles. The van der Waals surface area contributed by atoms with E-state index in [1.165, 1.54) is 11.3 Å². The van der Waals surface area contributed by atoms with E-state index in [-0.39, 0.29) is 5.91 Å². The number of aryl methyl sites for hydroxylation is 1. The van der Waals surface area contributed by atoms with Crippen LogP contribution in [-0.4, -0.2) is 22.0 Å². The molecule has 0 N–H and O–H groups in total. The largest absolute Gasteiger partial charge is 0.419 e. The molecule has 1 amide bonds. The van der Waals surface area contributed by atoms with E-state index in [1.54, 1.807) is 21.6 Å². The molecule has 6 nitrogen and oxygen atoms in total. The summed E-state index contributed by atoms with van der Waals surface area (Å²) in [5.74, 6) is -0.455. The number of aromatic nitrogens is 2. The molecule has 4 aromatic rings. The number of anilines is 1. The first kappa shape index (κ1) is 19.8. The Balaban J connectivity index is 1.45. The topological polar surface area (TPSA) is 68.3 Å². The first-order valence-electron chi connectivity index (χ1n) is 9.68. The van der Waals surface area contributed by atoms with Crippen LogP contribution in [-0.2, 0) is 11.3 Å². The Labute approximate surface area is 177 Å². The van der Waals surface area contributed by atoms with E-state index >= 15 is 0 Å². The lowest BCUT2D eigenvalue weighted by Gasteiger charge is -2.18. The molecule has 0 aliphatic carbocycles. The van der Waals surface area contributed by atoms with E-state index in [9.17, 15) is 9.59 Å². The molecular weight excluding hydrogens is 398 g/mol. The Hall–Kier alpha value is -3.45. The monoisotopic (exact) mass is 419 g/mol. The Morgan fingerprint density at radius 3 is 2.73 bits per heavy atom. The Bertz CT molecular complexity index is 1220. The second-order valence-corrected chi connectivity index (χ2v) is 7.60. The maximum atomic E-state index is 12.9. The molecular formula is C23H21N3O3S. The predicted molar refractivity (Wildman–Crippen MR) is 120 cm³/mol. The van der Waals surface area contributed by atoms with Gasteiger partial charge in [-0.3, -0.25) is 14.3 Å². The maximum Gasteiger partial charge on any atom is 0.419 e. The first-order valence-corrected chi connectivity index (χ1v) is 10.6. The van der Waals surface area contributed by atoms with Crippen molar-refractivity contribution in [2.75, 3.05) is 11.4 Å². The summed E-state index contributed by atoms with van der Waals surface area (Å²) in [6.07, 6.45) is 2.50. The molecule has 0 atom stereocenters. The van der Waals surface area contributed by atoms with E-state index in [1.807, 2.05) is 53.9 Å². The van der Waals surface area contributed by atoms with Gasteiger partial charge in [0.15, 0.2) is 10.7 Å². The SMILES string of the molecule is C=CCN(C(=O)CCCn1c(=O)oc2ccccc21)c1nc(-c2ccccc2)cs1. The Morgan fingerprint density at radius 1 is 1.17 bits per heavy atom. The van der Waals surface area contributed by atoms with Crippen LogP contribution in [0.2, 0.25) is 0 Å². The van der Waals surface area contributed by atoms with E-state index in [0.29, 0.717) is 36.6 Å². The van der Waals surface area contributed by atoms with Crippen LogP contribution >= 0.6 is 11.3 Å². The zero-order chi connectivity index (χ0) is 20.9. The summed E-state index contributed by atoms with van der Waals surface area (Å²) >= 11 is 1.43. The summed E-state index contributed by atoms with van der Waals surface area (Å²) in [6, 6.07) is 17.1. The van der Waals surface area contributed by atoms with Crippen LogP contribution in [0.3, 0.4) is 0 Å². The van der Waals surface area contributed by atoms with Crippen molar-refractivity contribution < 1.29 is 9.21 Å². The predicted octanol–water partition coefficient (Wildman–Crippen LogP) is 4.72. The van der Waals surface area contributed by atoms with Crippen LogP contribution in [0.25, 0.3) is 22.4 Å². The minimum atomic E-state index is -0.404. The van der Waals surface area contributed by atoms with Crippen molar-refractivity contribution in [3.8, 4) is 11.3 Å². The zero-order valence-corrected chi connectivity index (χ0v) is 17.2. The van der Waals surface area contributed by atoms with Gasteiger partial charge in [-0.2, -0.15) is 0 Å². The number of thiazole rings is 1. The first-order chi connectivity index (χ1) is 14.7. The molecule has 0 aliphatic heterocycles. The summed E-state index contributed by atoms with van der Waals surface area (Å²) in [5.41, 5.74) is 3.15. The summed E-state index contributed by atoms with van der Waals surface area (Å²) in [5, 5.41) is 2.59. The van der Waals surface area contributed by atoms with Crippen molar-refractivity contribution in [2.24, 2.45) is 0 Å². The maximum absolute atomic E-state index is 12.9. The number of hydrogen-bond acceptors (Lipinski definition) is 5. The molecule has 0 unspecified atom stereocenters. The molecule has 0 saturated heterocycles. The lowest BCUT2D eigenvalue weighted by Crippen LogP contribution is -2.31. The quantitative estimate of drug-likeness (QED) is 0.388. The second kappa shape index (κ2) is 8.92. The van der Waals surface area contributed by atoms with Crippen LogP contribution < -0.4 is 10.7 Å². The van der Waals surface area contributed by atoms with Crippen LogP contribution in [0, 0.1) is 0 Å². The van der Waals surface area contributed by atoms with Crippen LogP contribution in [0.15, 0.2) is 81.8 Å². The molecule has 0 aliphatic rings. The number of rotatable bonds is 8. The van der Waals surface area contributed by atoms with Gasteiger partial charge in [0.25, 0.3) is 0 Å². The third-order valence-corrected chi connectivity index (χ3v) is 5.61. The number of para-hydroxylation sites is 2. The fraction of sp³-hybridized carbons (Fsp3) is 0.174. The molecule has 152 valence electrons. The summed E-state index contributed by atoms with van der Waals surface area (Å²) in [6.45, 7) is 4.56. The number of benzene rings is 2. The van der Waals surface area contributed by atoms with Gasteiger partial charge in [0.2, 0.25) is 5.91 Å². The van der Waals surface area contributed by atoms with Gasteiger partial charge < -0.3 is 4.42 Å². The highest BCUT2D eigenvalue weighted by Crippen LogP contribution is 2.28. The summed E-state index contributed by atoms with van der Waals surface area (Å²) in [4.78, 5) is 31.3. The van der Waals surface area contributed by atoms with Crippen molar-refractivity contribution in [3.05, 3.63) is 83.2 Å². The summed E-state index contributed by atoms with van der Waals surface area (Å²) < 4.78 is 6.81. The number of nitrogens with zero attached hydrogens (tertiary/aromatic N) is 3. The van der Waals surface area contributed by atoms with Gasteiger partial charge in [-0.25, -0.2) is 9.78 Å². The smallest absolute Gasteiger partial charge is 0.408 e. The molecule has 0 radical (unpaired) electrons. The molecule has 7 heteroatoms. The van der Waals surface area contributed by atoms with Gasteiger partial charge in [-0.15, -0.1) is 17.9 Å². The van der Waals surface area contributed by atoms with Gasteiger partial charge in [-0.1, -0.05) is 48.5 Å². The van der Waals surface area contributed by atoms with Crippen LogP contribution in [0.5, 0.6) is 0 Å². The van der Waals surface area contributed by atoms with Crippen molar-refractivity contribution in [1.29, 1.82) is 0 Å². The molecule has 4 rings (SSSR count). The minimum Gasteiger partial charge on any atom is -0.408 e. The van der Waals surface area contributed by atoms with E-state index < -0.39 is 5.76 Å². The molecule has 0 fully saturated rings. The molecule has 0 bridgehead atoms.